The predicted molar refractivity (Wildman–Crippen MR) is 93.6 cm³/mol. The summed E-state index contributed by atoms with van der Waals surface area (Å²) in [5, 5.41) is 14.2. The summed E-state index contributed by atoms with van der Waals surface area (Å²) in [6, 6.07) is 6.88. The van der Waals surface area contributed by atoms with Crippen molar-refractivity contribution in [2.75, 3.05) is 13.2 Å². The minimum absolute atomic E-state index is 0.0684. The third-order valence-electron chi connectivity index (χ3n) is 3.39. The smallest absolute Gasteiger partial charge is 0.404 e. The first-order valence-corrected chi connectivity index (χ1v) is 8.07. The number of rotatable bonds is 7. The Labute approximate surface area is 143 Å². The molecule has 1 aromatic rings. The molecule has 0 spiro atoms. The first-order chi connectivity index (χ1) is 11.0. The van der Waals surface area contributed by atoms with Crippen molar-refractivity contribution >= 4 is 12.0 Å². The van der Waals surface area contributed by atoms with Crippen LogP contribution in [0.3, 0.4) is 0 Å². The molecule has 2 amide bonds. The molecule has 0 saturated carbocycles. The minimum atomic E-state index is -1.11. The Morgan fingerprint density at radius 2 is 1.71 bits per heavy atom. The summed E-state index contributed by atoms with van der Waals surface area (Å²) in [4.78, 5) is 23.4. The SMILES string of the molecule is CCOc1ccc(C(=O)NC(C)(CNC(=O)O)CC(C)(C)C)cc1. The molecule has 6 nitrogen and oxygen atoms in total. The Bertz CT molecular complexity index is 563. The van der Waals surface area contributed by atoms with Gasteiger partial charge in [-0.3, -0.25) is 4.79 Å². The molecule has 0 aromatic heterocycles. The van der Waals surface area contributed by atoms with Crippen molar-refractivity contribution in [2.45, 2.75) is 46.6 Å². The molecule has 0 radical (unpaired) electrons. The summed E-state index contributed by atoms with van der Waals surface area (Å²) < 4.78 is 5.37. The van der Waals surface area contributed by atoms with Gasteiger partial charge in [0, 0.05) is 12.1 Å². The molecular weight excluding hydrogens is 308 g/mol. The van der Waals surface area contributed by atoms with Crippen LogP contribution in [-0.2, 0) is 0 Å². The lowest BCUT2D eigenvalue weighted by molar-refractivity contribution is 0.0875. The maximum Gasteiger partial charge on any atom is 0.404 e. The number of carbonyl (C=O) groups excluding carboxylic acids is 1. The average Bonchev–Trinajstić information content (AvgIpc) is 2.44. The molecule has 1 unspecified atom stereocenters. The van der Waals surface area contributed by atoms with Gasteiger partial charge in [-0.05, 0) is 49.9 Å². The van der Waals surface area contributed by atoms with E-state index in [1.54, 1.807) is 24.3 Å². The third-order valence-corrected chi connectivity index (χ3v) is 3.39. The van der Waals surface area contributed by atoms with Crippen molar-refractivity contribution in [3.8, 4) is 5.75 Å². The van der Waals surface area contributed by atoms with E-state index in [-0.39, 0.29) is 17.9 Å². The summed E-state index contributed by atoms with van der Waals surface area (Å²) in [6.45, 7) is 10.6. The number of hydrogen-bond donors (Lipinski definition) is 3. The van der Waals surface area contributed by atoms with Crippen molar-refractivity contribution in [1.82, 2.24) is 10.6 Å². The summed E-state index contributed by atoms with van der Waals surface area (Å²) in [5.41, 5.74) is -0.248. The molecule has 1 rings (SSSR count). The predicted octanol–water partition coefficient (Wildman–Crippen LogP) is 3.28. The van der Waals surface area contributed by atoms with E-state index >= 15 is 0 Å². The highest BCUT2D eigenvalue weighted by Gasteiger charge is 2.32. The molecule has 3 N–H and O–H groups in total. The van der Waals surface area contributed by atoms with Crippen LogP contribution in [0.15, 0.2) is 24.3 Å². The molecule has 0 aliphatic heterocycles. The number of ether oxygens (including phenoxy) is 1. The van der Waals surface area contributed by atoms with Crippen LogP contribution in [-0.4, -0.2) is 35.8 Å². The van der Waals surface area contributed by atoms with E-state index in [0.717, 1.165) is 0 Å². The fraction of sp³-hybridized carbons (Fsp3) is 0.556. The molecule has 6 heteroatoms. The zero-order valence-electron chi connectivity index (χ0n) is 15.1. The van der Waals surface area contributed by atoms with E-state index in [0.29, 0.717) is 24.3 Å². The molecule has 24 heavy (non-hydrogen) atoms. The molecule has 0 aliphatic carbocycles. The first-order valence-electron chi connectivity index (χ1n) is 8.07. The minimum Gasteiger partial charge on any atom is -0.494 e. The molecule has 0 bridgehead atoms. The van der Waals surface area contributed by atoms with E-state index in [2.05, 4.69) is 31.4 Å². The van der Waals surface area contributed by atoms with Crippen LogP contribution in [0.1, 0.15) is 51.4 Å². The number of nitrogens with one attached hydrogen (secondary N) is 2. The number of amides is 2. The van der Waals surface area contributed by atoms with Gasteiger partial charge < -0.3 is 20.5 Å². The Morgan fingerprint density at radius 3 is 2.17 bits per heavy atom. The average molecular weight is 336 g/mol. The highest BCUT2D eigenvalue weighted by atomic mass is 16.5. The summed E-state index contributed by atoms with van der Waals surface area (Å²) in [6.07, 6.45) is -0.478. The highest BCUT2D eigenvalue weighted by molar-refractivity contribution is 5.94. The van der Waals surface area contributed by atoms with Gasteiger partial charge in [0.05, 0.1) is 12.1 Å². The lowest BCUT2D eigenvalue weighted by Crippen LogP contribution is -2.55. The van der Waals surface area contributed by atoms with Gasteiger partial charge in [0.15, 0.2) is 0 Å². The molecule has 0 aliphatic rings. The molecular formula is C18H28N2O4. The number of carboxylic acid groups (broad SMARTS) is 1. The van der Waals surface area contributed by atoms with Gasteiger partial charge in [-0.1, -0.05) is 20.8 Å². The molecule has 1 aromatic carbocycles. The van der Waals surface area contributed by atoms with Crippen LogP contribution >= 0.6 is 0 Å². The van der Waals surface area contributed by atoms with Gasteiger partial charge in [0.1, 0.15) is 5.75 Å². The summed E-state index contributed by atoms with van der Waals surface area (Å²) in [5.74, 6) is 0.469. The van der Waals surface area contributed by atoms with Crippen molar-refractivity contribution in [1.29, 1.82) is 0 Å². The van der Waals surface area contributed by atoms with Gasteiger partial charge in [0.2, 0.25) is 0 Å². The van der Waals surface area contributed by atoms with Crippen LogP contribution in [0.25, 0.3) is 0 Å². The Morgan fingerprint density at radius 1 is 1.12 bits per heavy atom. The van der Waals surface area contributed by atoms with E-state index in [9.17, 15) is 9.59 Å². The first kappa shape index (κ1) is 19.8. The van der Waals surface area contributed by atoms with Gasteiger partial charge >= 0.3 is 6.09 Å². The van der Waals surface area contributed by atoms with Crippen LogP contribution < -0.4 is 15.4 Å². The largest absolute Gasteiger partial charge is 0.494 e. The molecule has 0 saturated heterocycles. The lowest BCUT2D eigenvalue weighted by Gasteiger charge is -2.36. The van der Waals surface area contributed by atoms with E-state index in [1.165, 1.54) is 0 Å². The topological polar surface area (TPSA) is 87.7 Å². The van der Waals surface area contributed by atoms with E-state index in [4.69, 9.17) is 9.84 Å². The Balaban J connectivity index is 2.87. The van der Waals surface area contributed by atoms with Crippen LogP contribution in [0.4, 0.5) is 4.79 Å². The summed E-state index contributed by atoms with van der Waals surface area (Å²) in [7, 11) is 0. The van der Waals surface area contributed by atoms with Gasteiger partial charge in [0.25, 0.3) is 5.91 Å². The number of carbonyl (C=O) groups is 2. The van der Waals surface area contributed by atoms with Crippen LogP contribution in [0, 0.1) is 5.41 Å². The second kappa shape index (κ2) is 8.04. The zero-order chi connectivity index (χ0) is 18.4. The third kappa shape index (κ3) is 6.89. The fourth-order valence-electron chi connectivity index (χ4n) is 2.81. The highest BCUT2D eigenvalue weighted by Crippen LogP contribution is 2.27. The standard InChI is InChI=1S/C18H28N2O4/c1-6-24-14-9-7-13(8-10-14)15(21)20-18(5,11-17(2,3)4)12-19-16(22)23/h7-10,19H,6,11-12H2,1-5H3,(H,20,21)(H,22,23). The maximum absolute atomic E-state index is 12.5. The van der Waals surface area contributed by atoms with Gasteiger partial charge in [-0.2, -0.15) is 0 Å². The van der Waals surface area contributed by atoms with Crippen molar-refractivity contribution in [2.24, 2.45) is 5.41 Å². The quantitative estimate of drug-likeness (QED) is 0.713. The fourth-order valence-corrected chi connectivity index (χ4v) is 2.81. The second-order valence-corrected chi connectivity index (χ2v) is 7.37. The lowest BCUT2D eigenvalue weighted by atomic mass is 9.80. The second-order valence-electron chi connectivity index (χ2n) is 7.37. The van der Waals surface area contributed by atoms with Crippen molar-refractivity contribution < 1.29 is 19.4 Å². The Hall–Kier alpha value is -2.24. The molecule has 0 heterocycles. The van der Waals surface area contributed by atoms with E-state index in [1.807, 2.05) is 13.8 Å². The number of benzene rings is 1. The van der Waals surface area contributed by atoms with Crippen molar-refractivity contribution in [3.63, 3.8) is 0 Å². The monoisotopic (exact) mass is 336 g/mol. The van der Waals surface area contributed by atoms with E-state index < -0.39 is 11.6 Å². The molecule has 134 valence electrons. The molecule has 1 atom stereocenters. The zero-order valence-corrected chi connectivity index (χ0v) is 15.1. The van der Waals surface area contributed by atoms with Crippen LogP contribution in [0.5, 0.6) is 5.75 Å². The number of hydrogen-bond acceptors (Lipinski definition) is 3. The maximum atomic E-state index is 12.5. The molecule has 0 fully saturated rings. The van der Waals surface area contributed by atoms with Crippen LogP contribution in [0.2, 0.25) is 0 Å². The van der Waals surface area contributed by atoms with Gasteiger partial charge in [-0.15, -0.1) is 0 Å². The Kier molecular flexibility index (Phi) is 6.63. The summed E-state index contributed by atoms with van der Waals surface area (Å²) >= 11 is 0. The normalized spacial score (nSPS) is 13.7. The van der Waals surface area contributed by atoms with Crippen molar-refractivity contribution in [3.05, 3.63) is 29.8 Å². The van der Waals surface area contributed by atoms with Gasteiger partial charge in [-0.25, -0.2) is 4.79 Å².